The standard InChI is InChI=1S/C30H26N2O5S2/c1-3-32(39(34,35)25-16-14-23(36-2)15-17-25)22-13-18-28-21(19-22)20-29(38-28)30(33)31-26-11-7-8-12-27(26)37-24-9-5-4-6-10-24/h4-20H,3H2,1-2H3,(H,31,33). The largest absolute Gasteiger partial charge is 0.497 e. The van der Waals surface area contributed by atoms with E-state index in [1.807, 2.05) is 48.5 Å². The van der Waals surface area contributed by atoms with Gasteiger partial charge in [0.05, 0.1) is 28.3 Å². The minimum atomic E-state index is -3.79. The van der Waals surface area contributed by atoms with Crippen LogP contribution >= 0.6 is 11.3 Å². The fourth-order valence-corrected chi connectivity index (χ4v) is 6.53. The Kier molecular flexibility index (Phi) is 7.53. The second-order valence-corrected chi connectivity index (χ2v) is 11.5. The van der Waals surface area contributed by atoms with Gasteiger partial charge in [-0.25, -0.2) is 8.42 Å². The highest BCUT2D eigenvalue weighted by atomic mass is 32.2. The van der Waals surface area contributed by atoms with Gasteiger partial charge in [-0.2, -0.15) is 0 Å². The van der Waals surface area contributed by atoms with Crippen LogP contribution in [0.1, 0.15) is 16.6 Å². The third kappa shape index (κ3) is 5.59. The van der Waals surface area contributed by atoms with Crippen LogP contribution in [0.15, 0.2) is 108 Å². The molecule has 0 saturated carbocycles. The number of sulfonamides is 1. The van der Waals surface area contributed by atoms with E-state index in [2.05, 4.69) is 5.32 Å². The molecule has 1 N–H and O–H groups in total. The number of nitrogens with zero attached hydrogens (tertiary/aromatic N) is 1. The molecule has 9 heteroatoms. The summed E-state index contributed by atoms with van der Waals surface area (Å²) in [5.74, 6) is 1.50. The van der Waals surface area contributed by atoms with Crippen LogP contribution in [0.4, 0.5) is 11.4 Å². The smallest absolute Gasteiger partial charge is 0.265 e. The van der Waals surface area contributed by atoms with E-state index in [1.54, 1.807) is 49.4 Å². The number of thiophene rings is 1. The van der Waals surface area contributed by atoms with Crippen LogP contribution in [-0.4, -0.2) is 28.0 Å². The second kappa shape index (κ2) is 11.2. The van der Waals surface area contributed by atoms with Gasteiger partial charge in [-0.05, 0) is 85.1 Å². The second-order valence-electron chi connectivity index (χ2n) is 8.54. The molecule has 0 aliphatic rings. The van der Waals surface area contributed by atoms with Crippen LogP contribution in [-0.2, 0) is 10.0 Å². The molecular weight excluding hydrogens is 532 g/mol. The Morgan fingerprint density at radius 3 is 2.31 bits per heavy atom. The Balaban J connectivity index is 1.39. The zero-order chi connectivity index (χ0) is 27.4. The number of hydrogen-bond donors (Lipinski definition) is 1. The quantitative estimate of drug-likeness (QED) is 0.207. The van der Waals surface area contributed by atoms with Crippen LogP contribution in [0.25, 0.3) is 10.1 Å². The van der Waals surface area contributed by atoms with Crippen LogP contribution in [0.3, 0.4) is 0 Å². The molecule has 1 heterocycles. The van der Waals surface area contributed by atoms with Crippen molar-refractivity contribution in [1.82, 2.24) is 0 Å². The van der Waals surface area contributed by atoms with Gasteiger partial charge in [0.2, 0.25) is 0 Å². The first kappa shape index (κ1) is 26.3. The normalized spacial score (nSPS) is 11.2. The molecule has 0 unspecified atom stereocenters. The highest BCUT2D eigenvalue weighted by Gasteiger charge is 2.24. The van der Waals surface area contributed by atoms with E-state index in [1.165, 1.54) is 34.9 Å². The first-order valence-corrected chi connectivity index (χ1v) is 14.5. The molecule has 7 nitrogen and oxygen atoms in total. The van der Waals surface area contributed by atoms with E-state index in [0.717, 1.165) is 10.1 Å². The van der Waals surface area contributed by atoms with E-state index < -0.39 is 10.0 Å². The van der Waals surface area contributed by atoms with Gasteiger partial charge in [-0.1, -0.05) is 30.3 Å². The van der Waals surface area contributed by atoms with Crippen molar-refractivity contribution >= 4 is 48.7 Å². The molecule has 0 atom stereocenters. The van der Waals surface area contributed by atoms with E-state index in [9.17, 15) is 13.2 Å². The number of benzene rings is 4. The van der Waals surface area contributed by atoms with E-state index >= 15 is 0 Å². The SMILES string of the molecule is CCN(c1ccc2sc(C(=O)Nc3ccccc3Oc3ccccc3)cc2c1)S(=O)(=O)c1ccc(OC)cc1. The van der Waals surface area contributed by atoms with E-state index in [4.69, 9.17) is 9.47 Å². The third-order valence-electron chi connectivity index (χ3n) is 6.05. The van der Waals surface area contributed by atoms with Crippen LogP contribution in [0, 0.1) is 0 Å². The average Bonchev–Trinajstić information content (AvgIpc) is 3.39. The molecule has 0 saturated heterocycles. The maximum absolute atomic E-state index is 13.4. The van der Waals surface area contributed by atoms with Crippen molar-refractivity contribution < 1.29 is 22.7 Å². The van der Waals surface area contributed by atoms with Crippen LogP contribution < -0.4 is 19.1 Å². The number of hydrogen-bond acceptors (Lipinski definition) is 6. The van der Waals surface area contributed by atoms with Crippen LogP contribution in [0.5, 0.6) is 17.2 Å². The zero-order valence-corrected chi connectivity index (χ0v) is 23.0. The maximum atomic E-state index is 13.4. The number of anilines is 2. The molecule has 5 aromatic rings. The minimum Gasteiger partial charge on any atom is -0.497 e. The number of amides is 1. The lowest BCUT2D eigenvalue weighted by molar-refractivity contribution is 0.103. The number of carbonyl (C=O) groups is 1. The van der Waals surface area contributed by atoms with Crippen LogP contribution in [0.2, 0.25) is 0 Å². The van der Waals surface area contributed by atoms with Gasteiger partial charge in [0, 0.05) is 11.2 Å². The molecule has 198 valence electrons. The molecule has 0 fully saturated rings. The van der Waals surface area contributed by atoms with Crippen molar-refractivity contribution in [3.8, 4) is 17.2 Å². The van der Waals surface area contributed by atoms with Gasteiger partial charge in [-0.15, -0.1) is 11.3 Å². The van der Waals surface area contributed by atoms with Gasteiger partial charge in [0.15, 0.2) is 5.75 Å². The van der Waals surface area contributed by atoms with Gasteiger partial charge < -0.3 is 14.8 Å². The summed E-state index contributed by atoms with van der Waals surface area (Å²) in [4.78, 5) is 13.9. The first-order valence-electron chi connectivity index (χ1n) is 12.2. The maximum Gasteiger partial charge on any atom is 0.265 e. The highest BCUT2D eigenvalue weighted by molar-refractivity contribution is 7.92. The van der Waals surface area contributed by atoms with Crippen molar-refractivity contribution in [3.05, 3.63) is 108 Å². The number of nitrogens with one attached hydrogen (secondary N) is 1. The molecule has 1 amide bonds. The fourth-order valence-electron chi connectivity index (χ4n) is 4.12. The third-order valence-corrected chi connectivity index (χ3v) is 9.08. The Bertz CT molecular complexity index is 1720. The molecular formula is C30H26N2O5S2. The summed E-state index contributed by atoms with van der Waals surface area (Å²) in [5, 5.41) is 3.72. The van der Waals surface area contributed by atoms with Crippen molar-refractivity contribution in [2.45, 2.75) is 11.8 Å². The number of carbonyl (C=O) groups excluding carboxylic acids is 1. The minimum absolute atomic E-state index is 0.173. The number of fused-ring (bicyclic) bond motifs is 1. The summed E-state index contributed by atoms with van der Waals surface area (Å²) in [6, 6.07) is 30.1. The van der Waals surface area contributed by atoms with Crippen molar-refractivity contribution in [3.63, 3.8) is 0 Å². The molecule has 39 heavy (non-hydrogen) atoms. The van der Waals surface area contributed by atoms with Gasteiger partial charge in [0.25, 0.3) is 15.9 Å². The number of rotatable bonds is 9. The summed E-state index contributed by atoms with van der Waals surface area (Å²) in [6.45, 7) is 2.03. The average molecular weight is 559 g/mol. The molecule has 0 aliphatic heterocycles. The van der Waals surface area contributed by atoms with Crippen molar-refractivity contribution in [2.75, 3.05) is 23.3 Å². The lowest BCUT2D eigenvalue weighted by atomic mass is 10.2. The molecule has 4 aromatic carbocycles. The lowest BCUT2D eigenvalue weighted by Gasteiger charge is -2.23. The molecule has 0 bridgehead atoms. The summed E-state index contributed by atoms with van der Waals surface area (Å²) in [7, 11) is -2.26. The Morgan fingerprint density at radius 1 is 0.872 bits per heavy atom. The van der Waals surface area contributed by atoms with Gasteiger partial charge >= 0.3 is 0 Å². The summed E-state index contributed by atoms with van der Waals surface area (Å²) in [6.07, 6.45) is 0. The Labute approximate surface area is 231 Å². The van der Waals surface area contributed by atoms with Crippen molar-refractivity contribution in [2.24, 2.45) is 0 Å². The number of methoxy groups -OCH3 is 1. The Morgan fingerprint density at radius 2 is 1.59 bits per heavy atom. The topological polar surface area (TPSA) is 84.9 Å². The summed E-state index contributed by atoms with van der Waals surface area (Å²) in [5.41, 5.74) is 1.07. The molecule has 0 aliphatic carbocycles. The number of para-hydroxylation sites is 3. The molecule has 0 spiro atoms. The van der Waals surface area contributed by atoms with E-state index in [-0.39, 0.29) is 17.3 Å². The predicted molar refractivity (Wildman–Crippen MR) is 156 cm³/mol. The van der Waals surface area contributed by atoms with E-state index in [0.29, 0.717) is 33.5 Å². The van der Waals surface area contributed by atoms with Gasteiger partial charge in [-0.3, -0.25) is 9.10 Å². The Hall–Kier alpha value is -4.34. The summed E-state index contributed by atoms with van der Waals surface area (Å²) < 4.78 is 40.1. The highest BCUT2D eigenvalue weighted by Crippen LogP contribution is 2.34. The van der Waals surface area contributed by atoms with Crippen molar-refractivity contribution in [1.29, 1.82) is 0 Å². The van der Waals surface area contributed by atoms with Gasteiger partial charge in [0.1, 0.15) is 11.5 Å². The number of ether oxygens (including phenoxy) is 2. The molecule has 1 aromatic heterocycles. The zero-order valence-electron chi connectivity index (χ0n) is 21.3. The predicted octanol–water partition coefficient (Wildman–Crippen LogP) is 7.17. The summed E-state index contributed by atoms with van der Waals surface area (Å²) >= 11 is 1.34. The molecule has 0 radical (unpaired) electrons. The first-order chi connectivity index (χ1) is 18.9. The monoisotopic (exact) mass is 558 g/mol. The lowest BCUT2D eigenvalue weighted by Crippen LogP contribution is -2.30. The molecule has 5 rings (SSSR count). The fraction of sp³-hybridized carbons (Fsp3) is 0.100.